The van der Waals surface area contributed by atoms with Crippen molar-refractivity contribution in [2.75, 3.05) is 39.3 Å². The molecule has 7 aliphatic rings. The molecule has 3 heterocycles. The smallest absolute Gasteiger partial charge is 0.243 e. The summed E-state index contributed by atoms with van der Waals surface area (Å²) in [6.45, 7) is 12.8. The lowest BCUT2D eigenvalue weighted by atomic mass is 9.66. The van der Waals surface area contributed by atoms with Crippen molar-refractivity contribution >= 4 is 35.3 Å². The highest BCUT2D eigenvalue weighted by atomic mass is 16.6. The van der Waals surface area contributed by atoms with Crippen molar-refractivity contribution in [1.29, 1.82) is 0 Å². The highest BCUT2D eigenvalue weighted by Gasteiger charge is 2.59. The van der Waals surface area contributed by atoms with Gasteiger partial charge in [-0.15, -0.1) is 0 Å². The van der Waals surface area contributed by atoms with Crippen LogP contribution in [0.5, 0.6) is 0 Å². The Morgan fingerprint density at radius 2 is 1.43 bits per heavy atom. The number of unbranched alkanes of at least 4 members (excludes halogenated alkanes) is 1. The third-order valence-corrected chi connectivity index (χ3v) is 16.0. The standard InChI is InChI=1S/C50H86N8O9/c1-7-9-14-36-47(64)55-37(21-30(3)4)46(63)54-28-42(60)57-19-11-15-38(57)48(65)56-44(31(5)6)40(59)17-10-18-51-35(13-8-2)45(62)53-29-43(61)58-20-12-16-39(58)49(66)67-41(27-52-36)50-24-32-22-33(25-50)34(23-32)26-50/h30-39,41,44,46,49,51-52,54,63,66H,7-29H2,1-6H3,(H,53,62)(H,55,64)(H,56,65). The highest BCUT2D eigenvalue weighted by Crippen LogP contribution is 2.66. The summed E-state index contributed by atoms with van der Waals surface area (Å²) in [7, 11) is 0. The number of Topliss-reactive ketones (excluding diaryl/α,β-unsaturated/α-hetero) is 1. The summed E-state index contributed by atoms with van der Waals surface area (Å²) in [5.41, 5.74) is -0.164. The number of nitrogens with zero attached hydrogens (tertiary/aromatic N) is 2. The van der Waals surface area contributed by atoms with E-state index in [0.717, 1.165) is 38.5 Å². The maximum absolute atomic E-state index is 14.4. The number of hydrogen-bond donors (Lipinski definition) is 8. The summed E-state index contributed by atoms with van der Waals surface area (Å²) in [6, 6.07) is -4.04. The van der Waals surface area contributed by atoms with Crippen LogP contribution in [0.1, 0.15) is 151 Å². The number of ether oxygens (including phenoxy) is 1. The predicted octanol–water partition coefficient (Wildman–Crippen LogP) is 2.46. The number of carbonyl (C=O) groups excluding carboxylic acids is 6. The van der Waals surface area contributed by atoms with Gasteiger partial charge in [-0.2, -0.15) is 0 Å². The van der Waals surface area contributed by atoms with Gasteiger partial charge in [-0.25, -0.2) is 0 Å². The largest absolute Gasteiger partial charge is 0.376 e. The maximum atomic E-state index is 14.4. The Labute approximate surface area is 399 Å². The van der Waals surface area contributed by atoms with E-state index in [4.69, 9.17) is 4.74 Å². The van der Waals surface area contributed by atoms with Crippen molar-refractivity contribution in [2.24, 2.45) is 35.0 Å². The molecule has 0 spiro atoms. The predicted molar refractivity (Wildman–Crippen MR) is 254 cm³/mol. The molecule has 380 valence electrons. The van der Waals surface area contributed by atoms with E-state index in [1.807, 2.05) is 34.6 Å². The number of nitrogens with one attached hydrogen (secondary N) is 6. The summed E-state index contributed by atoms with van der Waals surface area (Å²) in [5, 5.41) is 42.3. The molecule has 17 nitrogen and oxygen atoms in total. The summed E-state index contributed by atoms with van der Waals surface area (Å²) >= 11 is 0. The number of aliphatic hydroxyl groups is 2. The molecule has 0 aromatic rings. The average molecular weight is 943 g/mol. The molecule has 3 aliphatic heterocycles. The van der Waals surface area contributed by atoms with Gasteiger partial charge in [-0.3, -0.25) is 34.1 Å². The van der Waals surface area contributed by atoms with Gasteiger partial charge in [0.2, 0.25) is 29.5 Å². The second-order valence-electron chi connectivity index (χ2n) is 21.9. The monoisotopic (exact) mass is 943 g/mol. The maximum Gasteiger partial charge on any atom is 0.243 e. The molecule has 3 saturated heterocycles. The first-order chi connectivity index (χ1) is 32.0. The second-order valence-corrected chi connectivity index (χ2v) is 21.9. The first-order valence-corrected chi connectivity index (χ1v) is 26.3. The van der Waals surface area contributed by atoms with Crippen molar-refractivity contribution in [3.63, 3.8) is 0 Å². The first kappa shape index (κ1) is 53.1. The summed E-state index contributed by atoms with van der Waals surface area (Å²) in [6.07, 6.45) is 9.32. The van der Waals surface area contributed by atoms with E-state index in [-0.39, 0.29) is 66.2 Å². The number of hydrogen-bond acceptors (Lipinski definition) is 12. The van der Waals surface area contributed by atoms with Gasteiger partial charge in [0, 0.05) is 26.1 Å². The van der Waals surface area contributed by atoms with Gasteiger partial charge in [0.1, 0.15) is 12.3 Å². The van der Waals surface area contributed by atoms with Crippen LogP contribution in [-0.2, 0) is 33.5 Å². The van der Waals surface area contributed by atoms with Crippen LogP contribution in [0.3, 0.4) is 0 Å². The van der Waals surface area contributed by atoms with Crippen molar-refractivity contribution < 1.29 is 43.7 Å². The molecule has 4 saturated carbocycles. The van der Waals surface area contributed by atoms with Crippen LogP contribution in [0.4, 0.5) is 0 Å². The molecule has 0 radical (unpaired) electrons. The molecule has 8 N–H and O–H groups in total. The molecule has 11 unspecified atom stereocenters. The molecular weight excluding hydrogens is 857 g/mol. The quantitative estimate of drug-likeness (QED) is 0.167. The van der Waals surface area contributed by atoms with Gasteiger partial charge >= 0.3 is 0 Å². The molecule has 4 aliphatic carbocycles. The molecule has 67 heavy (non-hydrogen) atoms. The lowest BCUT2D eigenvalue weighted by molar-refractivity contribution is -0.203. The Morgan fingerprint density at radius 3 is 2.10 bits per heavy atom. The molecule has 0 aromatic heterocycles. The second kappa shape index (κ2) is 24.6. The minimum Gasteiger partial charge on any atom is -0.376 e. The molecule has 4 bridgehead atoms. The van der Waals surface area contributed by atoms with E-state index >= 15 is 0 Å². The van der Waals surface area contributed by atoms with E-state index in [1.165, 1.54) is 17.7 Å². The highest BCUT2D eigenvalue weighted by molar-refractivity contribution is 5.93. The summed E-state index contributed by atoms with van der Waals surface area (Å²) in [5.74, 6) is 0.00714. The fraction of sp³-hybridized carbons (Fsp3) is 0.880. The van der Waals surface area contributed by atoms with Crippen molar-refractivity contribution in [3.8, 4) is 0 Å². The number of rotatable bonds is 9. The van der Waals surface area contributed by atoms with E-state index in [2.05, 4.69) is 38.8 Å². The zero-order valence-electron chi connectivity index (χ0n) is 41.5. The van der Waals surface area contributed by atoms with Crippen LogP contribution in [0.25, 0.3) is 0 Å². The summed E-state index contributed by atoms with van der Waals surface area (Å²) < 4.78 is 6.80. The normalized spacial score (nSPS) is 37.2. The van der Waals surface area contributed by atoms with Crippen LogP contribution >= 0.6 is 0 Å². The first-order valence-electron chi connectivity index (χ1n) is 26.3. The Kier molecular flexibility index (Phi) is 19.5. The Balaban J connectivity index is 1.23. The molecule has 5 amide bonds. The average Bonchev–Trinajstić information content (AvgIpc) is 4.09. The molecule has 0 aromatic carbocycles. The lowest BCUT2D eigenvalue weighted by Gasteiger charge is -2.46. The zero-order valence-corrected chi connectivity index (χ0v) is 41.5. The van der Waals surface area contributed by atoms with Crippen molar-refractivity contribution in [1.82, 2.24) is 41.7 Å². The van der Waals surface area contributed by atoms with Crippen LogP contribution in [-0.4, -0.2) is 149 Å². The van der Waals surface area contributed by atoms with E-state index in [9.17, 15) is 39.0 Å². The van der Waals surface area contributed by atoms with E-state index in [0.29, 0.717) is 95.3 Å². The number of amides is 5. The number of aliphatic hydroxyl groups excluding tert-OH is 2. The summed E-state index contributed by atoms with van der Waals surface area (Å²) in [4.78, 5) is 85.9. The van der Waals surface area contributed by atoms with E-state index < -0.39 is 60.8 Å². The fourth-order valence-corrected chi connectivity index (χ4v) is 12.7. The minimum absolute atomic E-state index is 0.101. The topological polar surface area (TPSA) is 231 Å². The van der Waals surface area contributed by atoms with Gasteiger partial charge in [0.25, 0.3) is 0 Å². The fourth-order valence-electron chi connectivity index (χ4n) is 12.7. The number of carbonyl (C=O) groups is 6. The van der Waals surface area contributed by atoms with Crippen molar-refractivity contribution in [2.45, 2.75) is 206 Å². The molecule has 11 atom stereocenters. The Hall–Kier alpha value is -3.22. The van der Waals surface area contributed by atoms with Crippen LogP contribution in [0, 0.1) is 35.0 Å². The van der Waals surface area contributed by atoms with Gasteiger partial charge in [-0.05, 0) is 125 Å². The van der Waals surface area contributed by atoms with Crippen LogP contribution in [0.15, 0.2) is 0 Å². The lowest BCUT2D eigenvalue weighted by Crippen LogP contribution is -2.58. The Morgan fingerprint density at radius 1 is 0.746 bits per heavy atom. The molecule has 7 fully saturated rings. The van der Waals surface area contributed by atoms with Gasteiger partial charge in [0.05, 0.1) is 49.4 Å². The number of ketones is 1. The zero-order chi connectivity index (χ0) is 48.4. The van der Waals surface area contributed by atoms with Crippen LogP contribution in [0.2, 0.25) is 0 Å². The third-order valence-electron chi connectivity index (χ3n) is 16.0. The van der Waals surface area contributed by atoms with Gasteiger partial charge < -0.3 is 51.3 Å². The molecule has 17 heteroatoms. The Bertz CT molecular complexity index is 1680. The van der Waals surface area contributed by atoms with Crippen molar-refractivity contribution in [3.05, 3.63) is 0 Å². The SMILES string of the molecule is CCCCC1NCC(C23CC4CC(C2)C(C4)C3)OC(O)C2CCCN2C(=O)CNC(=O)C(CCC)NCCCC(=O)C(C(C)C)NC(=O)C2CCCN2C(=O)CNC(O)C(CC(C)C)NC1=O. The number of fused-ring (bicyclic) bond motifs is 2. The minimum atomic E-state index is -1.26. The van der Waals surface area contributed by atoms with E-state index in [1.54, 1.807) is 4.90 Å². The van der Waals surface area contributed by atoms with Gasteiger partial charge in [-0.1, -0.05) is 60.8 Å². The van der Waals surface area contributed by atoms with Gasteiger partial charge in [0.15, 0.2) is 12.1 Å². The third kappa shape index (κ3) is 13.6. The van der Waals surface area contributed by atoms with Crippen LogP contribution < -0.4 is 31.9 Å². The molecule has 7 rings (SSSR count). The molecular formula is C50H86N8O9.